The number of nitrogens with zero attached hydrogens (tertiary/aromatic N) is 1. The molecule has 9 nitrogen and oxygen atoms in total. The van der Waals surface area contributed by atoms with Crippen LogP contribution in [0.2, 0.25) is 0 Å². The van der Waals surface area contributed by atoms with Gasteiger partial charge in [0.2, 0.25) is 5.91 Å². The number of carbonyl (C=O) groups excluding carboxylic acids is 2. The third-order valence-corrected chi connectivity index (χ3v) is 15.9. The van der Waals surface area contributed by atoms with Crippen LogP contribution in [0, 0.1) is 0 Å². The summed E-state index contributed by atoms with van der Waals surface area (Å²) in [4.78, 5) is 40.1. The largest absolute Gasteiger partial charge is 0.756 e. The molecule has 0 saturated carbocycles. The Bertz CT molecular complexity index is 1540. The first kappa shape index (κ1) is 76.7. The number of allylic oxidation sites excluding steroid dienone is 9. The maximum atomic E-state index is 13.6. The van der Waals surface area contributed by atoms with Gasteiger partial charge >= 0.3 is 5.97 Å². The fourth-order valence-electron chi connectivity index (χ4n) is 9.72. The van der Waals surface area contributed by atoms with E-state index in [4.69, 9.17) is 13.8 Å². The van der Waals surface area contributed by atoms with Crippen LogP contribution in [0.25, 0.3) is 0 Å². The van der Waals surface area contributed by atoms with E-state index < -0.39 is 26.6 Å². The van der Waals surface area contributed by atoms with Gasteiger partial charge in [0.1, 0.15) is 19.3 Å². The molecule has 1 amide bonds. The Balaban J connectivity index is 5.11. The summed E-state index contributed by atoms with van der Waals surface area (Å²) in [5.74, 6) is -0.545. The monoisotopic (exact) mass is 1130 g/mol. The van der Waals surface area contributed by atoms with Crippen LogP contribution in [-0.2, 0) is 27.9 Å². The zero-order valence-electron chi connectivity index (χ0n) is 52.8. The Morgan fingerprint density at radius 1 is 0.456 bits per heavy atom. The van der Waals surface area contributed by atoms with Crippen molar-refractivity contribution in [3.63, 3.8) is 0 Å². The lowest BCUT2D eigenvalue weighted by molar-refractivity contribution is -0.870. The molecule has 0 saturated heterocycles. The predicted octanol–water partition coefficient (Wildman–Crippen LogP) is 20.4. The molecule has 0 radical (unpaired) electrons. The number of unbranched alkanes of at least 4 members (excludes halogenated alkanes) is 38. The van der Waals surface area contributed by atoms with E-state index in [1.54, 1.807) is 0 Å². The van der Waals surface area contributed by atoms with Crippen LogP contribution in [0.15, 0.2) is 60.8 Å². The van der Waals surface area contributed by atoms with Crippen molar-refractivity contribution < 1.29 is 37.3 Å². The number of hydrogen-bond acceptors (Lipinski definition) is 7. The fourth-order valence-corrected chi connectivity index (χ4v) is 10.4. The van der Waals surface area contributed by atoms with Crippen molar-refractivity contribution in [2.45, 2.75) is 328 Å². The van der Waals surface area contributed by atoms with Crippen LogP contribution >= 0.6 is 7.82 Å². The third-order valence-electron chi connectivity index (χ3n) is 14.9. The molecule has 0 aliphatic rings. The smallest absolute Gasteiger partial charge is 0.306 e. The molecular formula is C69H129N2O7P. The first-order chi connectivity index (χ1) is 38.4. The van der Waals surface area contributed by atoms with Gasteiger partial charge < -0.3 is 28.5 Å². The highest BCUT2D eigenvalue weighted by Gasteiger charge is 2.27. The van der Waals surface area contributed by atoms with Crippen molar-refractivity contribution in [3.8, 4) is 0 Å². The molecule has 0 aliphatic heterocycles. The summed E-state index contributed by atoms with van der Waals surface area (Å²) in [5, 5.41) is 3.04. The maximum absolute atomic E-state index is 13.6. The highest BCUT2D eigenvalue weighted by molar-refractivity contribution is 7.45. The molecule has 0 aliphatic carbocycles. The van der Waals surface area contributed by atoms with E-state index in [0.717, 1.165) is 83.5 Å². The number of amides is 1. The molecule has 0 bridgehead atoms. The van der Waals surface area contributed by atoms with E-state index in [2.05, 4.69) is 74.7 Å². The van der Waals surface area contributed by atoms with Crippen molar-refractivity contribution in [3.05, 3.63) is 60.8 Å². The summed E-state index contributed by atoms with van der Waals surface area (Å²) in [6, 6.07) is -0.894. The van der Waals surface area contributed by atoms with Gasteiger partial charge in [-0.2, -0.15) is 0 Å². The Morgan fingerprint density at radius 2 is 0.810 bits per heavy atom. The minimum Gasteiger partial charge on any atom is -0.756 e. The van der Waals surface area contributed by atoms with E-state index in [1.807, 2.05) is 33.3 Å². The number of esters is 1. The van der Waals surface area contributed by atoms with Crippen LogP contribution in [0.4, 0.5) is 0 Å². The van der Waals surface area contributed by atoms with Gasteiger partial charge in [-0.1, -0.05) is 275 Å². The summed E-state index contributed by atoms with van der Waals surface area (Å²) in [6.45, 7) is 6.81. The number of rotatable bonds is 61. The molecule has 0 fully saturated rings. The molecule has 462 valence electrons. The lowest BCUT2D eigenvalue weighted by Gasteiger charge is -2.30. The Morgan fingerprint density at radius 3 is 1.24 bits per heavy atom. The molecule has 1 N–H and O–H groups in total. The van der Waals surface area contributed by atoms with Crippen LogP contribution in [0.1, 0.15) is 316 Å². The molecule has 0 heterocycles. The molecule has 3 unspecified atom stereocenters. The summed E-state index contributed by atoms with van der Waals surface area (Å²) >= 11 is 0. The summed E-state index contributed by atoms with van der Waals surface area (Å²) < 4.78 is 30.4. The molecule has 0 rings (SSSR count). The van der Waals surface area contributed by atoms with Gasteiger partial charge in [-0.15, -0.1) is 0 Å². The minimum atomic E-state index is -4.70. The second-order valence-corrected chi connectivity index (χ2v) is 25.4. The molecule has 0 aromatic carbocycles. The normalized spacial score (nSPS) is 14.0. The van der Waals surface area contributed by atoms with Gasteiger partial charge in [0.05, 0.1) is 33.8 Å². The molecular weight excluding hydrogens is 1000 g/mol. The van der Waals surface area contributed by atoms with E-state index in [9.17, 15) is 19.0 Å². The highest BCUT2D eigenvalue weighted by atomic mass is 31.2. The number of carbonyl (C=O) groups is 2. The predicted molar refractivity (Wildman–Crippen MR) is 339 cm³/mol. The standard InChI is InChI=1S/C69H129N2O7P/c1-7-10-13-16-19-22-25-28-30-31-32-33-34-35-36-37-38-39-41-43-46-49-52-55-58-61-68(72)70-66(65-77-79(74,75)76-64-63-71(4,5)6)67(60-57-54-51-48-45-42-27-24-21-18-15-12-9-3)78-69(73)62-59-56-53-50-47-44-40-29-26-23-20-17-14-11-8-2/h19-20,22-23,26,28-30,57,60,66-67H,7-18,21,24-25,27,31-56,58-59,61-65H2,1-6H3,(H-,70,72,74,75)/b22-19-,23-20+,29-26+,30-28-,60-57-. The lowest BCUT2D eigenvalue weighted by Crippen LogP contribution is -2.47. The lowest BCUT2D eigenvalue weighted by atomic mass is 10.0. The first-order valence-corrected chi connectivity index (χ1v) is 35.1. The molecule has 0 spiro atoms. The van der Waals surface area contributed by atoms with Gasteiger partial charge in [0.15, 0.2) is 0 Å². The van der Waals surface area contributed by atoms with Crippen LogP contribution in [-0.4, -0.2) is 69.4 Å². The number of nitrogens with one attached hydrogen (secondary N) is 1. The Hall–Kier alpha value is -2.29. The van der Waals surface area contributed by atoms with Crippen LogP contribution < -0.4 is 10.2 Å². The molecule has 3 atom stereocenters. The molecule has 0 aromatic heterocycles. The number of phosphoric ester groups is 1. The SMILES string of the molecule is CCCCC/C=C\C/C=C\CCCCCCCCCCCCCCCCCC(=O)NC(COP(=O)([O-])OCC[N+](C)(C)C)C(/C=C\CCCCCCCCCCCCC)OC(=O)CCCCCCCC/C=C/C=C/CCCCC. The van der Waals surface area contributed by atoms with Gasteiger partial charge in [-0.25, -0.2) is 0 Å². The van der Waals surface area contributed by atoms with Gasteiger partial charge in [-0.05, 0) is 89.5 Å². The topological polar surface area (TPSA) is 114 Å². The molecule has 79 heavy (non-hydrogen) atoms. The number of quaternary nitrogens is 1. The van der Waals surface area contributed by atoms with E-state index in [1.165, 1.54) is 199 Å². The first-order valence-electron chi connectivity index (χ1n) is 33.6. The van der Waals surface area contributed by atoms with E-state index in [0.29, 0.717) is 17.4 Å². The van der Waals surface area contributed by atoms with E-state index in [-0.39, 0.29) is 24.9 Å². The zero-order chi connectivity index (χ0) is 57.9. The Kier molecular flexibility index (Phi) is 57.2. The quantitative estimate of drug-likeness (QED) is 0.0161. The highest BCUT2D eigenvalue weighted by Crippen LogP contribution is 2.38. The zero-order valence-corrected chi connectivity index (χ0v) is 53.7. The van der Waals surface area contributed by atoms with Crippen LogP contribution in [0.5, 0.6) is 0 Å². The van der Waals surface area contributed by atoms with Crippen LogP contribution in [0.3, 0.4) is 0 Å². The summed E-state index contributed by atoms with van der Waals surface area (Å²) in [5.41, 5.74) is 0. The van der Waals surface area contributed by atoms with Crippen molar-refractivity contribution in [2.75, 3.05) is 40.9 Å². The third kappa shape index (κ3) is 60.1. The van der Waals surface area contributed by atoms with Gasteiger partial charge in [-0.3, -0.25) is 14.2 Å². The van der Waals surface area contributed by atoms with E-state index >= 15 is 0 Å². The average Bonchev–Trinajstić information content (AvgIpc) is 3.41. The van der Waals surface area contributed by atoms with Gasteiger partial charge in [0.25, 0.3) is 7.82 Å². The minimum absolute atomic E-state index is 0.0243. The number of phosphoric acid groups is 1. The maximum Gasteiger partial charge on any atom is 0.306 e. The van der Waals surface area contributed by atoms with Crippen molar-refractivity contribution in [1.82, 2.24) is 5.32 Å². The van der Waals surface area contributed by atoms with Crippen molar-refractivity contribution >= 4 is 19.7 Å². The molecule has 10 heteroatoms. The number of hydrogen-bond donors (Lipinski definition) is 1. The van der Waals surface area contributed by atoms with Gasteiger partial charge in [0, 0.05) is 12.8 Å². The number of ether oxygens (including phenoxy) is 1. The average molecular weight is 1130 g/mol. The molecule has 0 aromatic rings. The van der Waals surface area contributed by atoms with Crippen molar-refractivity contribution in [1.29, 1.82) is 0 Å². The second kappa shape index (κ2) is 58.9. The summed E-state index contributed by atoms with van der Waals surface area (Å²) in [7, 11) is 1.18. The summed E-state index contributed by atoms with van der Waals surface area (Å²) in [6.07, 6.45) is 74.8. The fraction of sp³-hybridized carbons (Fsp3) is 0.826. The Labute approximate surface area is 490 Å². The second-order valence-electron chi connectivity index (χ2n) is 24.0. The van der Waals surface area contributed by atoms with Crippen molar-refractivity contribution in [2.24, 2.45) is 0 Å². The number of likely N-dealkylation sites (N-methyl/N-ethyl adjacent to an activating group) is 1.